The summed E-state index contributed by atoms with van der Waals surface area (Å²) in [5, 5.41) is 11.8. The first-order chi connectivity index (χ1) is 15.3. The molecule has 0 saturated carbocycles. The van der Waals surface area contributed by atoms with Crippen LogP contribution in [0.15, 0.2) is 53.4 Å². The summed E-state index contributed by atoms with van der Waals surface area (Å²) in [6, 6.07) is 16.4. The molecule has 1 heterocycles. The molecule has 3 rings (SSSR count). The zero-order valence-electron chi connectivity index (χ0n) is 18.5. The van der Waals surface area contributed by atoms with E-state index in [9.17, 15) is 13.2 Å². The van der Waals surface area contributed by atoms with E-state index in [4.69, 9.17) is 5.26 Å². The smallest absolute Gasteiger partial charge is 0.242 e. The quantitative estimate of drug-likeness (QED) is 0.682. The predicted molar refractivity (Wildman–Crippen MR) is 124 cm³/mol. The summed E-state index contributed by atoms with van der Waals surface area (Å²) in [5.41, 5.74) is 2.29. The Hall–Kier alpha value is -2.93. The highest BCUT2D eigenvalue weighted by Gasteiger charge is 2.21. The van der Waals surface area contributed by atoms with E-state index >= 15 is 0 Å². The van der Waals surface area contributed by atoms with E-state index in [2.05, 4.69) is 21.2 Å². The lowest BCUT2D eigenvalue weighted by molar-refractivity contribution is -0.122. The Morgan fingerprint density at radius 3 is 2.47 bits per heavy atom. The molecule has 0 spiro atoms. The van der Waals surface area contributed by atoms with Gasteiger partial charge < -0.3 is 10.2 Å². The second-order valence-electron chi connectivity index (χ2n) is 7.95. The van der Waals surface area contributed by atoms with Crippen molar-refractivity contribution in [3.8, 4) is 6.07 Å². The number of hydrogen-bond acceptors (Lipinski definition) is 6. The molecular formula is C23H29N5O3S. The number of carbonyl (C=O) groups excluding carboxylic acids is 1. The summed E-state index contributed by atoms with van der Waals surface area (Å²) < 4.78 is 26.2. The molecule has 1 fully saturated rings. The molecule has 1 saturated heterocycles. The second kappa shape index (κ2) is 10.6. The molecule has 1 N–H and O–H groups in total. The van der Waals surface area contributed by atoms with Crippen molar-refractivity contribution in [1.82, 2.24) is 14.5 Å². The number of amides is 1. The maximum Gasteiger partial charge on any atom is 0.242 e. The lowest BCUT2D eigenvalue weighted by atomic mass is 10.2. The van der Waals surface area contributed by atoms with Crippen LogP contribution in [0.4, 0.5) is 5.69 Å². The van der Waals surface area contributed by atoms with Crippen molar-refractivity contribution < 1.29 is 13.2 Å². The average Bonchev–Trinajstić information content (AvgIpc) is 3.03. The van der Waals surface area contributed by atoms with Crippen molar-refractivity contribution in [2.75, 3.05) is 51.7 Å². The van der Waals surface area contributed by atoms with Crippen LogP contribution in [0.1, 0.15) is 17.5 Å². The van der Waals surface area contributed by atoms with Crippen LogP contribution in [-0.4, -0.2) is 70.3 Å². The Kier molecular flexibility index (Phi) is 7.85. The van der Waals surface area contributed by atoms with E-state index in [0.29, 0.717) is 11.1 Å². The molecular weight excluding hydrogens is 426 g/mol. The monoisotopic (exact) mass is 455 g/mol. The zero-order chi connectivity index (χ0) is 23.1. The van der Waals surface area contributed by atoms with Crippen LogP contribution in [0.2, 0.25) is 0 Å². The van der Waals surface area contributed by atoms with E-state index in [0.717, 1.165) is 38.3 Å². The lowest BCUT2D eigenvalue weighted by Gasteiger charge is -2.23. The zero-order valence-corrected chi connectivity index (χ0v) is 19.3. The van der Waals surface area contributed by atoms with Crippen molar-refractivity contribution in [3.05, 3.63) is 59.7 Å². The normalized spacial score (nSPS) is 15.2. The number of nitrogens with zero attached hydrogens (tertiary/aromatic N) is 4. The van der Waals surface area contributed by atoms with Gasteiger partial charge in [-0.15, -0.1) is 0 Å². The first-order valence-electron chi connectivity index (χ1n) is 10.6. The van der Waals surface area contributed by atoms with Gasteiger partial charge in [-0.1, -0.05) is 18.2 Å². The Morgan fingerprint density at radius 1 is 1.06 bits per heavy atom. The largest absolute Gasteiger partial charge is 0.370 e. The highest BCUT2D eigenvalue weighted by molar-refractivity contribution is 7.89. The molecule has 1 amide bonds. The minimum Gasteiger partial charge on any atom is -0.370 e. The summed E-state index contributed by atoms with van der Waals surface area (Å²) in [5.74, 6) is -0.131. The molecule has 170 valence electrons. The number of nitrogens with one attached hydrogen (secondary N) is 1. The van der Waals surface area contributed by atoms with Gasteiger partial charge >= 0.3 is 0 Å². The van der Waals surface area contributed by atoms with E-state index in [1.54, 1.807) is 24.3 Å². The fraction of sp³-hybridized carbons (Fsp3) is 0.391. The second-order valence-corrected chi connectivity index (χ2v) is 10.1. The maximum absolute atomic E-state index is 12.6. The van der Waals surface area contributed by atoms with E-state index < -0.39 is 10.0 Å². The van der Waals surface area contributed by atoms with Crippen LogP contribution >= 0.6 is 0 Å². The highest BCUT2D eigenvalue weighted by atomic mass is 32.2. The third kappa shape index (κ3) is 5.85. The molecule has 8 nitrogen and oxygen atoms in total. The topological polar surface area (TPSA) is 96.8 Å². The van der Waals surface area contributed by atoms with Crippen LogP contribution < -0.4 is 10.2 Å². The summed E-state index contributed by atoms with van der Waals surface area (Å²) in [4.78, 5) is 17.1. The van der Waals surface area contributed by atoms with Crippen LogP contribution in [0.5, 0.6) is 0 Å². The van der Waals surface area contributed by atoms with Gasteiger partial charge in [0.25, 0.3) is 0 Å². The van der Waals surface area contributed by atoms with Crippen molar-refractivity contribution in [1.29, 1.82) is 5.26 Å². The van der Waals surface area contributed by atoms with Gasteiger partial charge in [0.2, 0.25) is 15.9 Å². The molecule has 9 heteroatoms. The van der Waals surface area contributed by atoms with Crippen LogP contribution in [-0.2, 0) is 21.4 Å². The van der Waals surface area contributed by atoms with Gasteiger partial charge in [0, 0.05) is 52.5 Å². The fourth-order valence-corrected chi connectivity index (χ4v) is 4.80. The SMILES string of the molecule is CN(C)S(=O)(=O)c1ccccc1CNC(=O)CN1CCCN(c2ccc(C#N)cc2)CC1. The van der Waals surface area contributed by atoms with Gasteiger partial charge in [-0.25, -0.2) is 12.7 Å². The van der Waals surface area contributed by atoms with Gasteiger partial charge in [-0.05, 0) is 42.3 Å². The molecule has 0 aliphatic carbocycles. The molecule has 2 aromatic carbocycles. The maximum atomic E-state index is 12.6. The molecule has 1 aliphatic rings. The molecule has 0 aromatic heterocycles. The average molecular weight is 456 g/mol. The molecule has 0 radical (unpaired) electrons. The van der Waals surface area contributed by atoms with Crippen molar-refractivity contribution in [3.63, 3.8) is 0 Å². The van der Waals surface area contributed by atoms with E-state index in [-0.39, 0.29) is 23.9 Å². The molecule has 0 bridgehead atoms. The number of rotatable bonds is 7. The summed E-state index contributed by atoms with van der Waals surface area (Å²) >= 11 is 0. The number of sulfonamides is 1. The van der Waals surface area contributed by atoms with Gasteiger partial charge in [0.05, 0.1) is 23.1 Å². The first kappa shape index (κ1) is 23.7. The van der Waals surface area contributed by atoms with Crippen LogP contribution in [0, 0.1) is 11.3 Å². The Bertz CT molecular complexity index is 1080. The van der Waals surface area contributed by atoms with Gasteiger partial charge in [0.15, 0.2) is 0 Å². The summed E-state index contributed by atoms with van der Waals surface area (Å²) in [7, 11) is -0.594. The van der Waals surface area contributed by atoms with Gasteiger partial charge in [-0.2, -0.15) is 5.26 Å². The van der Waals surface area contributed by atoms with Crippen LogP contribution in [0.25, 0.3) is 0 Å². The minimum atomic E-state index is -3.58. The summed E-state index contributed by atoms with van der Waals surface area (Å²) in [6.07, 6.45) is 0.928. The minimum absolute atomic E-state index is 0.131. The van der Waals surface area contributed by atoms with E-state index in [1.807, 2.05) is 24.3 Å². The number of benzene rings is 2. The van der Waals surface area contributed by atoms with Gasteiger partial charge in [-0.3, -0.25) is 9.69 Å². The molecule has 0 unspecified atom stereocenters. The Labute approximate surface area is 190 Å². The number of hydrogen-bond donors (Lipinski definition) is 1. The molecule has 2 aromatic rings. The molecule has 1 aliphatic heterocycles. The van der Waals surface area contributed by atoms with Crippen molar-refractivity contribution >= 4 is 21.6 Å². The third-order valence-corrected chi connectivity index (χ3v) is 7.44. The Morgan fingerprint density at radius 2 is 1.78 bits per heavy atom. The lowest BCUT2D eigenvalue weighted by Crippen LogP contribution is -2.39. The van der Waals surface area contributed by atoms with Crippen LogP contribution in [0.3, 0.4) is 0 Å². The third-order valence-electron chi connectivity index (χ3n) is 5.52. The fourth-order valence-electron chi connectivity index (χ4n) is 3.69. The highest BCUT2D eigenvalue weighted by Crippen LogP contribution is 2.19. The van der Waals surface area contributed by atoms with E-state index in [1.165, 1.54) is 18.4 Å². The summed E-state index contributed by atoms with van der Waals surface area (Å²) in [6.45, 7) is 3.67. The molecule has 0 atom stereocenters. The first-order valence-corrected chi connectivity index (χ1v) is 12.0. The van der Waals surface area contributed by atoms with Gasteiger partial charge in [0.1, 0.15) is 0 Å². The number of anilines is 1. The number of carbonyl (C=O) groups is 1. The number of nitriles is 1. The van der Waals surface area contributed by atoms with Crippen molar-refractivity contribution in [2.45, 2.75) is 17.9 Å². The standard InChI is InChI=1S/C23H29N5O3S/c1-26(2)32(30,31)22-7-4-3-6-20(22)17-25-23(29)18-27-12-5-13-28(15-14-27)21-10-8-19(16-24)9-11-21/h3-4,6-11H,5,12-15,17-18H2,1-2H3,(H,25,29). The Balaban J connectivity index is 1.54. The molecule has 32 heavy (non-hydrogen) atoms. The van der Waals surface area contributed by atoms with Crippen molar-refractivity contribution in [2.24, 2.45) is 0 Å². The predicted octanol–water partition coefficient (Wildman–Crippen LogP) is 1.64.